The van der Waals surface area contributed by atoms with Crippen molar-refractivity contribution in [3.05, 3.63) is 23.1 Å². The molecule has 1 aromatic carbocycles. The van der Waals surface area contributed by atoms with Gasteiger partial charge in [0.05, 0.1) is 13.2 Å². The summed E-state index contributed by atoms with van der Waals surface area (Å²) in [5.41, 5.74) is 1.37. The highest BCUT2D eigenvalue weighted by atomic mass is 16.5. The molecule has 0 aliphatic carbocycles. The van der Waals surface area contributed by atoms with Crippen LogP contribution in [0.3, 0.4) is 0 Å². The fraction of sp³-hybridized carbons (Fsp3) is 0.500. The van der Waals surface area contributed by atoms with Crippen molar-refractivity contribution < 1.29 is 9.47 Å². The Balaban J connectivity index is 2.19. The van der Waals surface area contributed by atoms with E-state index in [1.807, 2.05) is 12.1 Å². The van der Waals surface area contributed by atoms with Gasteiger partial charge in [-0.1, -0.05) is 0 Å². The second-order valence-corrected chi connectivity index (χ2v) is 4.04. The first-order valence-corrected chi connectivity index (χ1v) is 5.57. The lowest BCUT2D eigenvalue weighted by Gasteiger charge is -2.19. The number of benzene rings is 1. The second-order valence-electron chi connectivity index (χ2n) is 4.04. The number of anilines is 1. The third kappa shape index (κ3) is 2.39. The molecular weight excluding hydrogens is 220 g/mol. The van der Waals surface area contributed by atoms with Gasteiger partial charge in [0.1, 0.15) is 11.4 Å². The van der Waals surface area contributed by atoms with Crippen LogP contribution in [0.2, 0.25) is 0 Å². The van der Waals surface area contributed by atoms with Gasteiger partial charge in [-0.2, -0.15) is 0 Å². The molecule has 0 saturated carbocycles. The van der Waals surface area contributed by atoms with Crippen molar-refractivity contribution in [2.24, 2.45) is 5.18 Å². The zero-order chi connectivity index (χ0) is 12.3. The van der Waals surface area contributed by atoms with Crippen LogP contribution in [-0.4, -0.2) is 33.4 Å². The first kappa shape index (κ1) is 11.9. The molecule has 0 radical (unpaired) electrons. The largest absolute Gasteiger partial charge is 0.494 e. The van der Waals surface area contributed by atoms with Crippen molar-refractivity contribution >= 4 is 11.4 Å². The lowest BCUT2D eigenvalue weighted by atomic mass is 10.2. The zero-order valence-electron chi connectivity index (χ0n) is 10.0. The Labute approximate surface area is 100 Å². The molecule has 92 valence electrons. The minimum Gasteiger partial charge on any atom is -0.494 e. The molecule has 0 spiro atoms. The highest BCUT2D eigenvalue weighted by molar-refractivity contribution is 5.62. The molecule has 0 aromatic heterocycles. The van der Waals surface area contributed by atoms with Gasteiger partial charge in [-0.15, -0.1) is 4.91 Å². The van der Waals surface area contributed by atoms with E-state index in [-0.39, 0.29) is 6.10 Å². The molecule has 1 saturated heterocycles. The van der Waals surface area contributed by atoms with Crippen molar-refractivity contribution in [3.63, 3.8) is 0 Å². The summed E-state index contributed by atoms with van der Waals surface area (Å²) in [7, 11) is 3.27. The van der Waals surface area contributed by atoms with Gasteiger partial charge < -0.3 is 14.4 Å². The summed E-state index contributed by atoms with van der Waals surface area (Å²) < 4.78 is 10.5. The molecule has 0 N–H and O–H groups in total. The van der Waals surface area contributed by atoms with Crippen LogP contribution in [0, 0.1) is 4.91 Å². The maximum Gasteiger partial charge on any atom is 0.150 e. The quantitative estimate of drug-likeness (QED) is 0.753. The van der Waals surface area contributed by atoms with E-state index >= 15 is 0 Å². The first-order chi connectivity index (χ1) is 8.28. The van der Waals surface area contributed by atoms with E-state index in [4.69, 9.17) is 9.47 Å². The molecule has 1 aromatic rings. The third-order valence-corrected chi connectivity index (χ3v) is 3.11. The topological polar surface area (TPSA) is 51.1 Å². The van der Waals surface area contributed by atoms with E-state index < -0.39 is 0 Å². The molecule has 1 aliphatic rings. The minimum absolute atomic E-state index is 0.282. The van der Waals surface area contributed by atoms with Crippen LogP contribution in [0.5, 0.6) is 5.75 Å². The first-order valence-electron chi connectivity index (χ1n) is 5.57. The fourth-order valence-electron chi connectivity index (χ4n) is 2.09. The molecule has 2 rings (SSSR count). The van der Waals surface area contributed by atoms with E-state index in [0.29, 0.717) is 11.4 Å². The highest BCUT2D eigenvalue weighted by Crippen LogP contribution is 2.33. The summed E-state index contributed by atoms with van der Waals surface area (Å²) in [5, 5.41) is 2.92. The number of hydrogen-bond donors (Lipinski definition) is 0. The van der Waals surface area contributed by atoms with Gasteiger partial charge in [-0.05, 0) is 23.7 Å². The normalized spacial score (nSPS) is 19.4. The number of nitrogens with zero attached hydrogens (tertiary/aromatic N) is 2. The number of nitroso groups, excluding NO2 is 1. The molecular formula is C12H16N2O3. The van der Waals surface area contributed by atoms with E-state index in [1.54, 1.807) is 13.2 Å². The maximum absolute atomic E-state index is 10.6. The van der Waals surface area contributed by atoms with Gasteiger partial charge >= 0.3 is 0 Å². The lowest BCUT2D eigenvalue weighted by Crippen LogP contribution is -2.22. The van der Waals surface area contributed by atoms with Gasteiger partial charge in [-0.3, -0.25) is 0 Å². The molecule has 0 amide bonds. The van der Waals surface area contributed by atoms with E-state index in [1.165, 1.54) is 7.11 Å². The number of hydrogen-bond acceptors (Lipinski definition) is 5. The summed E-state index contributed by atoms with van der Waals surface area (Å²) >= 11 is 0. The Morgan fingerprint density at radius 1 is 1.41 bits per heavy atom. The van der Waals surface area contributed by atoms with Crippen LogP contribution in [0.4, 0.5) is 11.4 Å². The molecule has 1 aliphatic heterocycles. The standard InChI is InChI=1S/C12H16N2O3/c1-16-10-5-6-14(8-10)9-3-4-11(13-15)12(7-9)17-2/h3-4,7,10H,5-6,8H2,1-2H3. The Hall–Kier alpha value is -1.62. The summed E-state index contributed by atoms with van der Waals surface area (Å²) in [6.07, 6.45) is 1.30. The molecule has 1 fully saturated rings. The Bertz CT molecular complexity index is 409. The third-order valence-electron chi connectivity index (χ3n) is 3.11. The molecule has 1 heterocycles. The van der Waals surface area contributed by atoms with Crippen LogP contribution in [-0.2, 0) is 4.74 Å². The molecule has 17 heavy (non-hydrogen) atoms. The van der Waals surface area contributed by atoms with Gasteiger partial charge in [0.15, 0.2) is 0 Å². The van der Waals surface area contributed by atoms with Crippen molar-refractivity contribution in [1.29, 1.82) is 0 Å². The highest BCUT2D eigenvalue weighted by Gasteiger charge is 2.22. The maximum atomic E-state index is 10.6. The van der Waals surface area contributed by atoms with Crippen molar-refractivity contribution in [3.8, 4) is 5.75 Å². The van der Waals surface area contributed by atoms with Crippen LogP contribution in [0.1, 0.15) is 6.42 Å². The summed E-state index contributed by atoms with van der Waals surface area (Å²) in [4.78, 5) is 12.8. The number of methoxy groups -OCH3 is 2. The average Bonchev–Trinajstić information content (AvgIpc) is 2.86. The Morgan fingerprint density at radius 3 is 2.82 bits per heavy atom. The van der Waals surface area contributed by atoms with Crippen molar-refractivity contribution in [1.82, 2.24) is 0 Å². The zero-order valence-corrected chi connectivity index (χ0v) is 10.0. The average molecular weight is 236 g/mol. The molecule has 0 bridgehead atoms. The van der Waals surface area contributed by atoms with E-state index in [2.05, 4.69) is 10.1 Å². The summed E-state index contributed by atoms with van der Waals surface area (Å²) in [6, 6.07) is 5.41. The van der Waals surface area contributed by atoms with Crippen molar-refractivity contribution in [2.45, 2.75) is 12.5 Å². The van der Waals surface area contributed by atoms with Gasteiger partial charge in [-0.25, -0.2) is 0 Å². The fourth-order valence-corrected chi connectivity index (χ4v) is 2.09. The monoisotopic (exact) mass is 236 g/mol. The lowest BCUT2D eigenvalue weighted by molar-refractivity contribution is 0.121. The second kappa shape index (κ2) is 5.14. The summed E-state index contributed by atoms with van der Waals surface area (Å²) in [6.45, 7) is 1.82. The predicted molar refractivity (Wildman–Crippen MR) is 66.1 cm³/mol. The molecule has 1 atom stereocenters. The summed E-state index contributed by atoms with van der Waals surface area (Å²) in [5.74, 6) is 0.512. The number of ether oxygens (including phenoxy) is 2. The molecule has 5 nitrogen and oxygen atoms in total. The van der Waals surface area contributed by atoms with Crippen LogP contribution < -0.4 is 9.64 Å². The Kier molecular flexibility index (Phi) is 3.58. The SMILES string of the molecule is COc1cc(N2CCC(OC)C2)ccc1N=O. The van der Waals surface area contributed by atoms with Crippen LogP contribution in [0.25, 0.3) is 0 Å². The van der Waals surface area contributed by atoms with Crippen LogP contribution in [0.15, 0.2) is 23.4 Å². The van der Waals surface area contributed by atoms with Crippen molar-refractivity contribution in [2.75, 3.05) is 32.2 Å². The van der Waals surface area contributed by atoms with E-state index in [0.717, 1.165) is 25.2 Å². The Morgan fingerprint density at radius 2 is 2.24 bits per heavy atom. The van der Waals surface area contributed by atoms with E-state index in [9.17, 15) is 4.91 Å². The smallest absolute Gasteiger partial charge is 0.150 e. The minimum atomic E-state index is 0.282. The van der Waals surface area contributed by atoms with Crippen LogP contribution >= 0.6 is 0 Å². The molecule has 1 unspecified atom stereocenters. The van der Waals surface area contributed by atoms with Gasteiger partial charge in [0.2, 0.25) is 0 Å². The van der Waals surface area contributed by atoms with Gasteiger partial charge in [0, 0.05) is 32.0 Å². The predicted octanol–water partition coefficient (Wildman–Crippen LogP) is 2.32. The van der Waals surface area contributed by atoms with Gasteiger partial charge in [0.25, 0.3) is 0 Å². The number of rotatable bonds is 4. The molecule has 5 heteroatoms.